The van der Waals surface area contributed by atoms with Crippen molar-refractivity contribution in [3.8, 4) is 0 Å². The third kappa shape index (κ3) is 4.97. The lowest BCUT2D eigenvalue weighted by Crippen LogP contribution is -2.50. The third-order valence-corrected chi connectivity index (χ3v) is 3.93. The number of likely N-dealkylation sites (tertiary alicyclic amines) is 1. The van der Waals surface area contributed by atoms with Crippen LogP contribution >= 0.6 is 0 Å². The fourth-order valence-corrected chi connectivity index (χ4v) is 2.84. The maximum Gasteiger partial charge on any atom is 0.318 e. The van der Waals surface area contributed by atoms with Gasteiger partial charge >= 0.3 is 6.03 Å². The molecule has 0 spiro atoms. The molecule has 0 aliphatic carbocycles. The minimum atomic E-state index is -0.341. The first kappa shape index (κ1) is 17.3. The number of hydrogen-bond acceptors (Lipinski definition) is 3. The minimum Gasteiger partial charge on any atom is -0.354 e. The van der Waals surface area contributed by atoms with Gasteiger partial charge in [-0.05, 0) is 45.1 Å². The third-order valence-electron chi connectivity index (χ3n) is 3.93. The maximum atomic E-state index is 12.3. The van der Waals surface area contributed by atoms with Crippen molar-refractivity contribution in [1.29, 1.82) is 0 Å². The first-order valence-electron chi connectivity index (χ1n) is 8.29. The number of nitrogens with zero attached hydrogens (tertiary/aromatic N) is 3. The lowest BCUT2D eigenvalue weighted by atomic mass is 10.2. The highest BCUT2D eigenvalue weighted by molar-refractivity contribution is 5.87. The fraction of sp³-hybridized carbons (Fsp3) is 0.688. The second-order valence-electron chi connectivity index (χ2n) is 6.37. The SMILES string of the molecule is CC(C)NC(=O)N1CCC[C@H]1C(=O)NCCCc1cnn(C)c1. The molecule has 1 saturated heterocycles. The molecule has 0 bridgehead atoms. The van der Waals surface area contributed by atoms with Gasteiger partial charge in [0.2, 0.25) is 5.91 Å². The lowest BCUT2D eigenvalue weighted by molar-refractivity contribution is -0.124. The standard InChI is InChI=1S/C16H27N5O2/c1-12(2)19-16(23)21-9-5-7-14(21)15(22)17-8-4-6-13-10-18-20(3)11-13/h10-12,14H,4-9H2,1-3H3,(H,17,22)(H,19,23)/t14-/m0/s1. The number of aryl methyl sites for hydroxylation is 2. The van der Waals surface area contributed by atoms with Crippen LogP contribution in [-0.4, -0.2) is 51.8 Å². The van der Waals surface area contributed by atoms with Crippen molar-refractivity contribution in [3.05, 3.63) is 18.0 Å². The molecular weight excluding hydrogens is 294 g/mol. The second-order valence-corrected chi connectivity index (χ2v) is 6.37. The van der Waals surface area contributed by atoms with Gasteiger partial charge in [-0.25, -0.2) is 4.79 Å². The number of aromatic nitrogens is 2. The van der Waals surface area contributed by atoms with Crippen LogP contribution in [0.15, 0.2) is 12.4 Å². The van der Waals surface area contributed by atoms with E-state index in [0.717, 1.165) is 25.7 Å². The Morgan fingerprint density at radius 2 is 2.22 bits per heavy atom. The van der Waals surface area contributed by atoms with Gasteiger partial charge in [0.1, 0.15) is 6.04 Å². The quantitative estimate of drug-likeness (QED) is 0.769. The topological polar surface area (TPSA) is 79.3 Å². The molecule has 2 rings (SSSR count). The van der Waals surface area contributed by atoms with E-state index in [1.54, 1.807) is 9.58 Å². The van der Waals surface area contributed by atoms with Crippen molar-refractivity contribution < 1.29 is 9.59 Å². The maximum absolute atomic E-state index is 12.3. The van der Waals surface area contributed by atoms with Gasteiger partial charge in [0.05, 0.1) is 6.20 Å². The summed E-state index contributed by atoms with van der Waals surface area (Å²) in [5.74, 6) is -0.0485. The van der Waals surface area contributed by atoms with E-state index in [1.165, 1.54) is 5.56 Å². The van der Waals surface area contributed by atoms with Crippen LogP contribution in [0.4, 0.5) is 4.79 Å². The van der Waals surface area contributed by atoms with Crippen LogP contribution in [0.1, 0.15) is 38.7 Å². The van der Waals surface area contributed by atoms with E-state index in [2.05, 4.69) is 15.7 Å². The zero-order chi connectivity index (χ0) is 16.8. The van der Waals surface area contributed by atoms with Crippen molar-refractivity contribution >= 4 is 11.9 Å². The molecule has 23 heavy (non-hydrogen) atoms. The second kappa shape index (κ2) is 7.99. The van der Waals surface area contributed by atoms with Crippen molar-refractivity contribution in [3.63, 3.8) is 0 Å². The van der Waals surface area contributed by atoms with Gasteiger partial charge in [0, 0.05) is 32.4 Å². The first-order valence-corrected chi connectivity index (χ1v) is 8.29. The molecule has 1 fully saturated rings. The summed E-state index contributed by atoms with van der Waals surface area (Å²) in [4.78, 5) is 26.1. The van der Waals surface area contributed by atoms with Crippen molar-refractivity contribution in [2.75, 3.05) is 13.1 Å². The Labute approximate surface area is 137 Å². The molecule has 1 aromatic rings. The summed E-state index contributed by atoms with van der Waals surface area (Å²) < 4.78 is 1.78. The van der Waals surface area contributed by atoms with Crippen molar-refractivity contribution in [2.45, 2.75) is 51.6 Å². The molecule has 0 aromatic carbocycles. The number of amides is 3. The summed E-state index contributed by atoms with van der Waals surface area (Å²) in [5.41, 5.74) is 1.17. The number of hydrogen-bond donors (Lipinski definition) is 2. The Morgan fingerprint density at radius 3 is 2.87 bits per heavy atom. The molecule has 1 aliphatic heterocycles. The molecule has 0 radical (unpaired) electrons. The highest BCUT2D eigenvalue weighted by atomic mass is 16.2. The zero-order valence-corrected chi connectivity index (χ0v) is 14.2. The molecule has 7 nitrogen and oxygen atoms in total. The van der Waals surface area contributed by atoms with Crippen LogP contribution in [0, 0.1) is 0 Å². The van der Waals surface area contributed by atoms with Gasteiger partial charge in [-0.2, -0.15) is 5.10 Å². The molecule has 1 atom stereocenters. The van der Waals surface area contributed by atoms with Gasteiger partial charge in [-0.15, -0.1) is 0 Å². The smallest absolute Gasteiger partial charge is 0.318 e. The van der Waals surface area contributed by atoms with Crippen LogP contribution in [0.2, 0.25) is 0 Å². The van der Waals surface area contributed by atoms with E-state index >= 15 is 0 Å². The van der Waals surface area contributed by atoms with Crippen molar-refractivity contribution in [1.82, 2.24) is 25.3 Å². The van der Waals surface area contributed by atoms with E-state index in [-0.39, 0.29) is 24.0 Å². The number of carbonyl (C=O) groups excluding carboxylic acids is 2. The molecule has 0 saturated carbocycles. The number of nitrogens with one attached hydrogen (secondary N) is 2. The Morgan fingerprint density at radius 1 is 1.43 bits per heavy atom. The van der Waals surface area contributed by atoms with E-state index in [9.17, 15) is 9.59 Å². The molecule has 0 unspecified atom stereocenters. The number of rotatable bonds is 6. The van der Waals surface area contributed by atoms with E-state index in [1.807, 2.05) is 33.3 Å². The normalized spacial score (nSPS) is 17.6. The van der Waals surface area contributed by atoms with Crippen LogP contribution in [-0.2, 0) is 18.3 Å². The van der Waals surface area contributed by atoms with Gasteiger partial charge < -0.3 is 15.5 Å². The monoisotopic (exact) mass is 321 g/mol. The van der Waals surface area contributed by atoms with Gasteiger partial charge in [-0.1, -0.05) is 0 Å². The summed E-state index contributed by atoms with van der Waals surface area (Å²) in [5, 5.41) is 9.93. The average molecular weight is 321 g/mol. The molecular formula is C16H27N5O2. The first-order chi connectivity index (χ1) is 11.0. The molecule has 128 valence electrons. The van der Waals surface area contributed by atoms with Crippen LogP contribution in [0.3, 0.4) is 0 Å². The lowest BCUT2D eigenvalue weighted by Gasteiger charge is -2.25. The fourth-order valence-electron chi connectivity index (χ4n) is 2.84. The van der Waals surface area contributed by atoms with Crippen LogP contribution < -0.4 is 10.6 Å². The summed E-state index contributed by atoms with van der Waals surface area (Å²) in [6.45, 7) is 5.10. The summed E-state index contributed by atoms with van der Waals surface area (Å²) >= 11 is 0. The van der Waals surface area contributed by atoms with E-state index in [4.69, 9.17) is 0 Å². The largest absolute Gasteiger partial charge is 0.354 e. The van der Waals surface area contributed by atoms with Gasteiger partial charge in [0.15, 0.2) is 0 Å². The van der Waals surface area contributed by atoms with E-state index < -0.39 is 0 Å². The summed E-state index contributed by atoms with van der Waals surface area (Å²) in [6.07, 6.45) is 7.19. The molecule has 2 heterocycles. The van der Waals surface area contributed by atoms with Crippen LogP contribution in [0.5, 0.6) is 0 Å². The molecule has 3 amide bonds. The number of carbonyl (C=O) groups is 2. The molecule has 2 N–H and O–H groups in total. The van der Waals surface area contributed by atoms with Gasteiger partial charge in [0.25, 0.3) is 0 Å². The molecule has 1 aliphatic rings. The van der Waals surface area contributed by atoms with Gasteiger partial charge in [-0.3, -0.25) is 9.48 Å². The molecule has 7 heteroatoms. The highest BCUT2D eigenvalue weighted by Crippen LogP contribution is 2.17. The van der Waals surface area contributed by atoms with Crippen LogP contribution in [0.25, 0.3) is 0 Å². The Hall–Kier alpha value is -2.05. The zero-order valence-electron chi connectivity index (χ0n) is 14.2. The van der Waals surface area contributed by atoms with E-state index in [0.29, 0.717) is 13.1 Å². The predicted molar refractivity (Wildman–Crippen MR) is 87.9 cm³/mol. The van der Waals surface area contributed by atoms with Crippen molar-refractivity contribution in [2.24, 2.45) is 7.05 Å². The Balaban J connectivity index is 1.74. The Bertz CT molecular complexity index is 540. The number of urea groups is 1. The molecule has 1 aromatic heterocycles. The highest BCUT2D eigenvalue weighted by Gasteiger charge is 2.33. The average Bonchev–Trinajstić information content (AvgIpc) is 3.11. The minimum absolute atomic E-state index is 0.0485. The predicted octanol–water partition coefficient (Wildman–Crippen LogP) is 1.05. The summed E-state index contributed by atoms with van der Waals surface area (Å²) in [6, 6.07) is -0.411. The Kier molecular flexibility index (Phi) is 6.01. The summed E-state index contributed by atoms with van der Waals surface area (Å²) in [7, 11) is 1.89.